The molecule has 7 heteroatoms. The lowest BCUT2D eigenvalue weighted by atomic mass is 9.74. The van der Waals surface area contributed by atoms with E-state index in [2.05, 4.69) is 15.3 Å². The normalized spacial score (nSPS) is 23.1. The van der Waals surface area contributed by atoms with Gasteiger partial charge in [0.05, 0.1) is 22.6 Å². The van der Waals surface area contributed by atoms with Crippen molar-refractivity contribution in [1.82, 2.24) is 25.1 Å². The van der Waals surface area contributed by atoms with E-state index in [0.717, 1.165) is 42.6 Å². The first-order valence-electron chi connectivity index (χ1n) is 10.1. The third-order valence-corrected chi connectivity index (χ3v) is 6.85. The van der Waals surface area contributed by atoms with Crippen LogP contribution in [0.5, 0.6) is 0 Å². The molecule has 0 saturated heterocycles. The average molecular weight is 406 g/mol. The molecule has 3 heterocycles. The Morgan fingerprint density at radius 2 is 2.10 bits per heavy atom. The van der Waals surface area contributed by atoms with E-state index in [0.29, 0.717) is 22.7 Å². The smallest absolute Gasteiger partial charge is 0.272 e. The first-order valence-corrected chi connectivity index (χ1v) is 10.5. The Hall–Kier alpha value is -2.73. The van der Waals surface area contributed by atoms with Gasteiger partial charge < -0.3 is 5.32 Å². The van der Waals surface area contributed by atoms with Crippen molar-refractivity contribution in [3.63, 3.8) is 0 Å². The third kappa shape index (κ3) is 2.62. The monoisotopic (exact) mass is 405 g/mol. The van der Waals surface area contributed by atoms with Gasteiger partial charge in [-0.25, -0.2) is 9.67 Å². The van der Waals surface area contributed by atoms with Gasteiger partial charge in [-0.2, -0.15) is 5.10 Å². The number of nitrogens with zero attached hydrogens (tertiary/aromatic N) is 4. The second-order valence-corrected chi connectivity index (χ2v) is 8.76. The van der Waals surface area contributed by atoms with Crippen molar-refractivity contribution in [2.75, 3.05) is 0 Å². The maximum Gasteiger partial charge on any atom is 0.272 e. The van der Waals surface area contributed by atoms with Crippen LogP contribution in [-0.2, 0) is 12.0 Å². The number of carbonyl (C=O) groups is 1. The predicted molar refractivity (Wildman–Crippen MR) is 108 cm³/mol. The highest BCUT2D eigenvalue weighted by Gasteiger charge is 2.51. The molecule has 0 unspecified atom stereocenters. The Labute approximate surface area is 173 Å². The highest BCUT2D eigenvalue weighted by molar-refractivity contribution is 6.29. The van der Waals surface area contributed by atoms with Crippen LogP contribution < -0.4 is 5.32 Å². The largest absolute Gasteiger partial charge is 0.340 e. The minimum Gasteiger partial charge on any atom is -0.340 e. The van der Waals surface area contributed by atoms with Crippen molar-refractivity contribution in [3.05, 3.63) is 70.5 Å². The van der Waals surface area contributed by atoms with Crippen LogP contribution in [0.25, 0.3) is 5.69 Å². The maximum atomic E-state index is 13.4. The molecule has 146 valence electrons. The summed E-state index contributed by atoms with van der Waals surface area (Å²) in [4.78, 5) is 21.9. The summed E-state index contributed by atoms with van der Waals surface area (Å²) in [5.41, 5.74) is 4.21. The van der Waals surface area contributed by atoms with Crippen LogP contribution in [0.2, 0.25) is 5.15 Å². The zero-order chi connectivity index (χ0) is 19.6. The molecule has 3 aliphatic carbocycles. The van der Waals surface area contributed by atoms with Crippen molar-refractivity contribution in [1.29, 1.82) is 0 Å². The molecule has 2 fully saturated rings. The molecule has 0 bridgehead atoms. The average Bonchev–Trinajstić information content (AvgIpc) is 3.20. The summed E-state index contributed by atoms with van der Waals surface area (Å²) in [6, 6.07) is 9.56. The molecule has 0 aliphatic heterocycles. The summed E-state index contributed by atoms with van der Waals surface area (Å²) < 4.78 is 1.91. The number of aromatic nitrogens is 4. The van der Waals surface area contributed by atoms with Crippen molar-refractivity contribution in [3.8, 4) is 5.69 Å². The maximum absolute atomic E-state index is 13.4. The zero-order valence-electron chi connectivity index (χ0n) is 15.8. The fourth-order valence-corrected chi connectivity index (χ4v) is 5.09. The summed E-state index contributed by atoms with van der Waals surface area (Å²) >= 11 is 6.10. The lowest BCUT2D eigenvalue weighted by molar-refractivity contribution is 0.0810. The summed E-state index contributed by atoms with van der Waals surface area (Å²) in [5.74, 6) is 1.04. The number of fused-ring (bicyclic) bond motifs is 3. The summed E-state index contributed by atoms with van der Waals surface area (Å²) in [6.07, 6.45) is 8.47. The van der Waals surface area contributed by atoms with E-state index >= 15 is 0 Å². The number of pyridine rings is 2. The molecule has 3 aromatic heterocycles. The molecule has 2 atom stereocenters. The predicted octanol–water partition coefficient (Wildman–Crippen LogP) is 3.78. The van der Waals surface area contributed by atoms with E-state index < -0.39 is 0 Å². The molecule has 2 saturated carbocycles. The van der Waals surface area contributed by atoms with Crippen LogP contribution in [0, 0.1) is 5.92 Å². The van der Waals surface area contributed by atoms with E-state index in [1.807, 2.05) is 28.9 Å². The summed E-state index contributed by atoms with van der Waals surface area (Å²) in [6.45, 7) is 0. The number of amides is 1. The number of carbonyl (C=O) groups excluding carboxylic acids is 1. The van der Waals surface area contributed by atoms with Gasteiger partial charge in [-0.05, 0) is 56.2 Å². The molecule has 1 amide bonds. The van der Waals surface area contributed by atoms with Crippen LogP contribution >= 0.6 is 11.6 Å². The third-order valence-electron chi connectivity index (χ3n) is 6.65. The molecule has 0 radical (unpaired) electrons. The van der Waals surface area contributed by atoms with E-state index in [9.17, 15) is 4.79 Å². The second kappa shape index (κ2) is 6.13. The molecule has 29 heavy (non-hydrogen) atoms. The summed E-state index contributed by atoms with van der Waals surface area (Å²) in [7, 11) is 0. The minimum absolute atomic E-state index is 0.105. The molecule has 0 spiro atoms. The van der Waals surface area contributed by atoms with E-state index in [1.54, 1.807) is 18.5 Å². The van der Waals surface area contributed by atoms with Gasteiger partial charge in [0.15, 0.2) is 5.69 Å². The highest BCUT2D eigenvalue weighted by Crippen LogP contribution is 2.57. The van der Waals surface area contributed by atoms with Gasteiger partial charge in [0.25, 0.3) is 5.91 Å². The Morgan fingerprint density at radius 3 is 2.83 bits per heavy atom. The second-order valence-electron chi connectivity index (χ2n) is 8.37. The SMILES string of the molecule is O=C(NC1(c2ccccn2)CCC1)c1nn(-c2ccnc(Cl)c2)c2c1C[C@H]1C[C@@H]21. The Balaban J connectivity index is 1.38. The van der Waals surface area contributed by atoms with Crippen molar-refractivity contribution in [2.24, 2.45) is 5.92 Å². The van der Waals surface area contributed by atoms with Crippen LogP contribution in [0.4, 0.5) is 0 Å². The highest BCUT2D eigenvalue weighted by atomic mass is 35.5. The van der Waals surface area contributed by atoms with Crippen LogP contribution in [0.3, 0.4) is 0 Å². The molecule has 1 N–H and O–H groups in total. The minimum atomic E-state index is -0.378. The Bertz CT molecular complexity index is 1120. The van der Waals surface area contributed by atoms with E-state index in [-0.39, 0.29) is 11.4 Å². The van der Waals surface area contributed by atoms with Crippen LogP contribution in [-0.4, -0.2) is 25.7 Å². The van der Waals surface area contributed by atoms with Gasteiger partial charge in [-0.15, -0.1) is 0 Å². The fourth-order valence-electron chi connectivity index (χ4n) is 4.92. The van der Waals surface area contributed by atoms with Crippen LogP contribution in [0.15, 0.2) is 42.7 Å². The lowest BCUT2D eigenvalue weighted by Gasteiger charge is -2.41. The fraction of sp³-hybridized carbons (Fsp3) is 0.364. The van der Waals surface area contributed by atoms with Gasteiger partial charge in [0.2, 0.25) is 0 Å². The number of hydrogen-bond donors (Lipinski definition) is 1. The Morgan fingerprint density at radius 1 is 1.21 bits per heavy atom. The van der Waals surface area contributed by atoms with Gasteiger partial charge in [-0.3, -0.25) is 9.78 Å². The first-order chi connectivity index (χ1) is 14.1. The van der Waals surface area contributed by atoms with Crippen molar-refractivity contribution < 1.29 is 4.79 Å². The topological polar surface area (TPSA) is 72.7 Å². The van der Waals surface area contributed by atoms with Crippen LogP contribution in [0.1, 0.15) is 59.0 Å². The van der Waals surface area contributed by atoms with E-state index in [1.165, 1.54) is 12.1 Å². The molecule has 6 nitrogen and oxygen atoms in total. The molecule has 6 rings (SSSR count). The molecular weight excluding hydrogens is 386 g/mol. The Kier molecular flexibility index (Phi) is 3.63. The number of nitrogens with one attached hydrogen (secondary N) is 1. The molecule has 3 aromatic rings. The number of hydrogen-bond acceptors (Lipinski definition) is 4. The van der Waals surface area contributed by atoms with Gasteiger partial charge in [-0.1, -0.05) is 17.7 Å². The van der Waals surface area contributed by atoms with Crippen molar-refractivity contribution >= 4 is 17.5 Å². The number of rotatable bonds is 4. The molecule has 3 aliphatic rings. The van der Waals surface area contributed by atoms with Gasteiger partial charge >= 0.3 is 0 Å². The standard InChI is InChI=1S/C22H20ClN5O/c23-18-12-14(5-9-25-18)28-20-15-10-13(15)11-16(20)19(27-28)21(29)26-22(6-3-7-22)17-4-1-2-8-24-17/h1-2,4-5,8-9,12-13,15H,3,6-7,10-11H2,(H,26,29)/t13-,15-/m1/s1. The first kappa shape index (κ1) is 17.2. The van der Waals surface area contributed by atoms with Gasteiger partial charge in [0, 0.05) is 29.9 Å². The molecule has 0 aromatic carbocycles. The zero-order valence-corrected chi connectivity index (χ0v) is 16.6. The lowest BCUT2D eigenvalue weighted by Crippen LogP contribution is -2.51. The van der Waals surface area contributed by atoms with Crippen molar-refractivity contribution in [2.45, 2.75) is 43.6 Å². The van der Waals surface area contributed by atoms with E-state index in [4.69, 9.17) is 16.7 Å². The quantitative estimate of drug-likeness (QED) is 0.670. The van der Waals surface area contributed by atoms with Gasteiger partial charge in [0.1, 0.15) is 5.15 Å². The number of halogens is 1. The molecular formula is C22H20ClN5O. The summed E-state index contributed by atoms with van der Waals surface area (Å²) in [5, 5.41) is 8.46.